The largest absolute Gasteiger partial charge is 0.396 e. The van der Waals surface area contributed by atoms with Crippen molar-refractivity contribution in [3.63, 3.8) is 0 Å². The number of aliphatic hydroxyl groups is 2. The summed E-state index contributed by atoms with van der Waals surface area (Å²) in [4.78, 5) is 0. The molecule has 3 unspecified atom stereocenters. The molecule has 0 aromatic rings. The van der Waals surface area contributed by atoms with Gasteiger partial charge in [0.05, 0.1) is 6.10 Å². The molecule has 10 heavy (non-hydrogen) atoms. The number of aliphatic hydroxyl groups excluding tert-OH is 2. The molecule has 0 aliphatic heterocycles. The van der Waals surface area contributed by atoms with Gasteiger partial charge in [-0.1, -0.05) is 6.92 Å². The zero-order valence-electron chi connectivity index (χ0n) is 6.07. The third-order valence-corrected chi connectivity index (χ3v) is 1.82. The maximum absolute atomic E-state index is 9.27. The Morgan fingerprint density at radius 2 is 2.10 bits per heavy atom. The molecule has 0 aliphatic rings. The second kappa shape index (κ2) is 4.96. The average Bonchev–Trinajstić information content (AvgIpc) is 1.90. The summed E-state index contributed by atoms with van der Waals surface area (Å²) in [6.45, 7) is 1.98. The number of hydrogen-bond acceptors (Lipinski definition) is 4. The van der Waals surface area contributed by atoms with E-state index in [1.54, 1.807) is 6.92 Å². The Morgan fingerprint density at radius 1 is 1.60 bits per heavy atom. The third-order valence-electron chi connectivity index (χ3n) is 1.51. The monoisotopic (exact) mass is 165 g/mol. The molecular weight excluding hydrogens is 150 g/mol. The van der Waals surface area contributed by atoms with Crippen LogP contribution in [0, 0.1) is 5.92 Å². The Labute approximate surface area is 66.6 Å². The molecule has 3 nitrogen and oxygen atoms in total. The minimum absolute atomic E-state index is 0.0808. The molecule has 4 N–H and O–H groups in total. The fourth-order valence-corrected chi connectivity index (χ4v) is 0.959. The Hall–Kier alpha value is 0.230. The first-order valence-electron chi connectivity index (χ1n) is 3.30. The van der Waals surface area contributed by atoms with E-state index < -0.39 is 6.10 Å². The van der Waals surface area contributed by atoms with Crippen LogP contribution in [0.4, 0.5) is 0 Å². The smallest absolute Gasteiger partial charge is 0.0715 e. The first kappa shape index (κ1) is 10.2. The SMILES string of the molecule is CC(S)C(O)C(CN)CO. The fourth-order valence-electron chi connectivity index (χ4n) is 0.716. The Morgan fingerprint density at radius 3 is 2.20 bits per heavy atom. The van der Waals surface area contributed by atoms with Crippen LogP contribution in [0.15, 0.2) is 0 Å². The van der Waals surface area contributed by atoms with E-state index in [9.17, 15) is 5.11 Å². The topological polar surface area (TPSA) is 66.5 Å². The van der Waals surface area contributed by atoms with Crippen molar-refractivity contribution < 1.29 is 10.2 Å². The summed E-state index contributed by atoms with van der Waals surface area (Å²) in [5.74, 6) is -0.243. The van der Waals surface area contributed by atoms with Gasteiger partial charge in [0.15, 0.2) is 0 Å². The molecule has 0 fully saturated rings. The van der Waals surface area contributed by atoms with Crippen molar-refractivity contribution in [2.75, 3.05) is 13.2 Å². The van der Waals surface area contributed by atoms with Gasteiger partial charge in [-0.3, -0.25) is 0 Å². The molecule has 0 saturated heterocycles. The van der Waals surface area contributed by atoms with Gasteiger partial charge in [0, 0.05) is 17.8 Å². The second-order valence-electron chi connectivity index (χ2n) is 2.41. The van der Waals surface area contributed by atoms with Crippen LogP contribution in [0.1, 0.15) is 6.92 Å². The Kier molecular flexibility index (Phi) is 5.07. The van der Waals surface area contributed by atoms with Crippen LogP contribution in [0.2, 0.25) is 0 Å². The Bertz CT molecular complexity index is 85.8. The van der Waals surface area contributed by atoms with Crippen LogP contribution in [-0.2, 0) is 0 Å². The quantitative estimate of drug-likeness (QED) is 0.414. The van der Waals surface area contributed by atoms with Gasteiger partial charge in [-0.2, -0.15) is 12.6 Å². The highest BCUT2D eigenvalue weighted by atomic mass is 32.1. The van der Waals surface area contributed by atoms with Gasteiger partial charge >= 0.3 is 0 Å². The van der Waals surface area contributed by atoms with E-state index in [0.717, 1.165) is 0 Å². The predicted octanol–water partition coefficient (Wildman–Crippen LogP) is -0.767. The number of nitrogens with two attached hydrogens (primary N) is 1. The van der Waals surface area contributed by atoms with Crippen LogP contribution in [0.25, 0.3) is 0 Å². The van der Waals surface area contributed by atoms with E-state index in [0.29, 0.717) is 6.54 Å². The molecule has 4 heteroatoms. The van der Waals surface area contributed by atoms with E-state index >= 15 is 0 Å². The van der Waals surface area contributed by atoms with Crippen molar-refractivity contribution in [2.45, 2.75) is 18.3 Å². The van der Waals surface area contributed by atoms with E-state index in [1.807, 2.05) is 0 Å². The van der Waals surface area contributed by atoms with Crippen molar-refractivity contribution in [1.82, 2.24) is 0 Å². The summed E-state index contributed by atoms with van der Waals surface area (Å²) < 4.78 is 0. The van der Waals surface area contributed by atoms with Crippen molar-refractivity contribution in [3.8, 4) is 0 Å². The van der Waals surface area contributed by atoms with E-state index in [4.69, 9.17) is 10.8 Å². The van der Waals surface area contributed by atoms with Crippen LogP contribution in [-0.4, -0.2) is 34.7 Å². The first-order valence-corrected chi connectivity index (χ1v) is 3.82. The summed E-state index contributed by atoms with van der Waals surface area (Å²) in [6, 6.07) is 0. The molecule has 62 valence electrons. The number of rotatable bonds is 4. The fraction of sp³-hybridized carbons (Fsp3) is 1.00. The number of thiol groups is 1. The van der Waals surface area contributed by atoms with Crippen molar-refractivity contribution >= 4 is 12.6 Å². The Balaban J connectivity index is 3.76. The molecule has 0 bridgehead atoms. The zero-order valence-corrected chi connectivity index (χ0v) is 6.96. The molecule has 0 aromatic heterocycles. The van der Waals surface area contributed by atoms with Gasteiger partial charge in [0.2, 0.25) is 0 Å². The van der Waals surface area contributed by atoms with Crippen LogP contribution in [0.3, 0.4) is 0 Å². The van der Waals surface area contributed by atoms with Gasteiger partial charge in [0.1, 0.15) is 0 Å². The van der Waals surface area contributed by atoms with E-state index in [-0.39, 0.29) is 17.8 Å². The molecule has 0 aliphatic carbocycles. The molecule has 0 radical (unpaired) electrons. The standard InChI is InChI=1S/C6H15NO2S/c1-4(10)6(9)5(2-7)3-8/h4-6,8-10H,2-3,7H2,1H3. The average molecular weight is 165 g/mol. The van der Waals surface area contributed by atoms with Gasteiger partial charge in [-0.05, 0) is 6.54 Å². The number of hydrogen-bond donors (Lipinski definition) is 4. The molecule has 0 saturated carbocycles. The molecule has 0 heterocycles. The summed E-state index contributed by atoms with van der Waals surface area (Å²) in [5, 5.41) is 17.8. The predicted molar refractivity (Wildman–Crippen MR) is 44.1 cm³/mol. The lowest BCUT2D eigenvalue weighted by Crippen LogP contribution is -2.35. The lowest BCUT2D eigenvalue weighted by molar-refractivity contribution is 0.0735. The minimum atomic E-state index is -0.613. The molecule has 3 atom stereocenters. The second-order valence-corrected chi connectivity index (χ2v) is 3.22. The van der Waals surface area contributed by atoms with Crippen molar-refractivity contribution in [1.29, 1.82) is 0 Å². The lowest BCUT2D eigenvalue weighted by atomic mass is 10.0. The first-order chi connectivity index (χ1) is 4.63. The normalized spacial score (nSPS) is 20.1. The maximum atomic E-state index is 9.27. The maximum Gasteiger partial charge on any atom is 0.0715 e. The third kappa shape index (κ3) is 2.88. The molecule has 0 amide bonds. The molecule has 0 aromatic carbocycles. The van der Waals surface area contributed by atoms with Crippen LogP contribution < -0.4 is 5.73 Å². The van der Waals surface area contributed by atoms with E-state index in [2.05, 4.69) is 12.6 Å². The summed E-state index contributed by atoms with van der Waals surface area (Å²) >= 11 is 4.02. The zero-order chi connectivity index (χ0) is 8.15. The van der Waals surface area contributed by atoms with Gasteiger partial charge < -0.3 is 15.9 Å². The lowest BCUT2D eigenvalue weighted by Gasteiger charge is -2.21. The minimum Gasteiger partial charge on any atom is -0.396 e. The van der Waals surface area contributed by atoms with Gasteiger partial charge in [-0.25, -0.2) is 0 Å². The van der Waals surface area contributed by atoms with Crippen LogP contribution >= 0.6 is 12.6 Å². The summed E-state index contributed by atoms with van der Waals surface area (Å²) in [6.07, 6.45) is -0.613. The summed E-state index contributed by atoms with van der Waals surface area (Å²) in [7, 11) is 0. The highest BCUT2D eigenvalue weighted by Gasteiger charge is 2.20. The van der Waals surface area contributed by atoms with Crippen LogP contribution in [0.5, 0.6) is 0 Å². The van der Waals surface area contributed by atoms with Gasteiger partial charge in [0.25, 0.3) is 0 Å². The molecule has 0 rings (SSSR count). The summed E-state index contributed by atoms with van der Waals surface area (Å²) in [5.41, 5.74) is 5.27. The highest BCUT2D eigenvalue weighted by Crippen LogP contribution is 2.09. The highest BCUT2D eigenvalue weighted by molar-refractivity contribution is 7.81. The van der Waals surface area contributed by atoms with Gasteiger partial charge in [-0.15, -0.1) is 0 Å². The molecule has 0 spiro atoms. The van der Waals surface area contributed by atoms with E-state index in [1.165, 1.54) is 0 Å². The molecular formula is C6H15NO2S. The van der Waals surface area contributed by atoms with Crippen molar-refractivity contribution in [3.05, 3.63) is 0 Å². The van der Waals surface area contributed by atoms with Crippen molar-refractivity contribution in [2.24, 2.45) is 11.7 Å².